The third-order valence-corrected chi connectivity index (χ3v) is 4.17. The molecule has 0 aromatic rings. The molecule has 6 nitrogen and oxygen atoms in total. The number of morpholine rings is 1. The van der Waals surface area contributed by atoms with Crippen LogP contribution in [-0.4, -0.2) is 54.9 Å². The number of nitrogens with zero attached hydrogens (tertiary/aromatic N) is 1. The van der Waals surface area contributed by atoms with Gasteiger partial charge in [-0.1, -0.05) is 12.8 Å². The van der Waals surface area contributed by atoms with E-state index in [1.807, 2.05) is 0 Å². The largest absolute Gasteiger partial charge is 0.408 e. The van der Waals surface area contributed by atoms with E-state index in [1.165, 1.54) is 0 Å². The fourth-order valence-corrected chi connectivity index (χ4v) is 2.99. The van der Waals surface area contributed by atoms with E-state index in [2.05, 4.69) is 5.32 Å². The van der Waals surface area contributed by atoms with E-state index in [0.717, 1.165) is 17.7 Å². The van der Waals surface area contributed by atoms with Crippen LogP contribution in [0.5, 0.6) is 0 Å². The van der Waals surface area contributed by atoms with Gasteiger partial charge in [0.25, 0.3) is 0 Å². The van der Waals surface area contributed by atoms with Gasteiger partial charge in [0.15, 0.2) is 6.10 Å². The molecule has 1 heterocycles. The highest BCUT2D eigenvalue weighted by atomic mass is 19.4. The van der Waals surface area contributed by atoms with E-state index in [9.17, 15) is 22.8 Å². The van der Waals surface area contributed by atoms with Crippen LogP contribution in [0.4, 0.5) is 18.0 Å². The van der Waals surface area contributed by atoms with Gasteiger partial charge in [-0.15, -0.1) is 0 Å². The van der Waals surface area contributed by atoms with Crippen LogP contribution in [0, 0.1) is 5.92 Å². The summed E-state index contributed by atoms with van der Waals surface area (Å²) in [6.07, 6.45) is -3.06. The van der Waals surface area contributed by atoms with Crippen LogP contribution >= 0.6 is 0 Å². The van der Waals surface area contributed by atoms with Crippen LogP contribution < -0.4 is 11.1 Å². The summed E-state index contributed by atoms with van der Waals surface area (Å²) in [6, 6.07) is -2.68. The average molecular weight is 323 g/mol. The molecule has 0 bridgehead atoms. The van der Waals surface area contributed by atoms with Crippen molar-refractivity contribution in [2.24, 2.45) is 11.7 Å². The van der Waals surface area contributed by atoms with Gasteiger partial charge in [-0.25, -0.2) is 4.79 Å². The maximum Gasteiger partial charge on any atom is 0.408 e. The van der Waals surface area contributed by atoms with Crippen molar-refractivity contribution < 1.29 is 27.5 Å². The molecule has 2 aliphatic rings. The third-order valence-electron chi connectivity index (χ3n) is 4.17. The van der Waals surface area contributed by atoms with E-state index < -0.39 is 36.2 Å². The number of nitrogens with one attached hydrogen (secondary N) is 1. The molecule has 1 saturated heterocycles. The second-order valence-electron chi connectivity index (χ2n) is 5.72. The zero-order valence-electron chi connectivity index (χ0n) is 12.1. The van der Waals surface area contributed by atoms with Crippen LogP contribution in [-0.2, 0) is 9.53 Å². The number of alkyl halides is 3. The third kappa shape index (κ3) is 4.02. The first-order valence-electron chi connectivity index (χ1n) is 7.32. The van der Waals surface area contributed by atoms with Gasteiger partial charge >= 0.3 is 12.2 Å². The van der Waals surface area contributed by atoms with Gasteiger partial charge in [0.05, 0.1) is 13.2 Å². The number of carbonyl (C=O) groups is 2. The molecule has 22 heavy (non-hydrogen) atoms. The number of hydrogen-bond donors (Lipinski definition) is 2. The lowest BCUT2D eigenvalue weighted by Crippen LogP contribution is -2.58. The zero-order chi connectivity index (χ0) is 16.3. The minimum absolute atomic E-state index is 0.0706. The van der Waals surface area contributed by atoms with Gasteiger partial charge in [0, 0.05) is 6.54 Å². The fourth-order valence-electron chi connectivity index (χ4n) is 2.99. The monoisotopic (exact) mass is 323 g/mol. The van der Waals surface area contributed by atoms with Crippen LogP contribution in [0.1, 0.15) is 25.7 Å². The highest BCUT2D eigenvalue weighted by Gasteiger charge is 2.47. The standard InChI is InChI=1S/C13H20F3N3O3/c14-13(15,16)10(8-3-1-2-4-8)18-12(21)19-5-6-22-9(7-19)11(17)20/h8-10H,1-7H2,(H2,17,20)(H,18,21). The van der Waals surface area contributed by atoms with Crippen molar-refractivity contribution >= 4 is 11.9 Å². The summed E-state index contributed by atoms with van der Waals surface area (Å²) in [6.45, 7) is 0.0718. The quantitative estimate of drug-likeness (QED) is 0.813. The normalized spacial score (nSPS) is 25.0. The smallest absolute Gasteiger partial charge is 0.367 e. The van der Waals surface area contributed by atoms with Crippen molar-refractivity contribution in [2.75, 3.05) is 19.7 Å². The molecule has 126 valence electrons. The number of nitrogens with two attached hydrogens (primary N) is 1. The van der Waals surface area contributed by atoms with Crippen molar-refractivity contribution in [3.05, 3.63) is 0 Å². The summed E-state index contributed by atoms with van der Waals surface area (Å²) >= 11 is 0. The first-order valence-corrected chi connectivity index (χ1v) is 7.32. The summed E-state index contributed by atoms with van der Waals surface area (Å²) in [7, 11) is 0. The van der Waals surface area contributed by atoms with Gasteiger partial charge in [-0.2, -0.15) is 13.2 Å². The summed E-state index contributed by atoms with van der Waals surface area (Å²) in [4.78, 5) is 24.3. The number of hydrogen-bond acceptors (Lipinski definition) is 3. The Bertz CT molecular complexity index is 424. The molecule has 1 saturated carbocycles. The molecule has 2 fully saturated rings. The van der Waals surface area contributed by atoms with Crippen molar-refractivity contribution in [2.45, 2.75) is 44.0 Å². The van der Waals surface area contributed by atoms with Gasteiger partial charge in [0.1, 0.15) is 6.04 Å². The number of halogens is 3. The predicted octanol–water partition coefficient (Wildman–Crippen LogP) is 1.00. The number of carbonyl (C=O) groups excluding carboxylic acids is 2. The van der Waals surface area contributed by atoms with Crippen LogP contribution in [0.2, 0.25) is 0 Å². The van der Waals surface area contributed by atoms with Gasteiger partial charge in [-0.05, 0) is 18.8 Å². The maximum atomic E-state index is 13.2. The van der Waals surface area contributed by atoms with E-state index in [-0.39, 0.29) is 19.7 Å². The molecule has 1 aliphatic heterocycles. The Morgan fingerprint density at radius 3 is 2.45 bits per heavy atom. The van der Waals surface area contributed by atoms with Crippen molar-refractivity contribution in [3.63, 3.8) is 0 Å². The molecule has 0 aromatic heterocycles. The van der Waals surface area contributed by atoms with Gasteiger partial charge < -0.3 is 20.7 Å². The van der Waals surface area contributed by atoms with Crippen molar-refractivity contribution in [1.29, 1.82) is 0 Å². The van der Waals surface area contributed by atoms with E-state index in [4.69, 9.17) is 10.5 Å². The van der Waals surface area contributed by atoms with E-state index >= 15 is 0 Å². The number of rotatable bonds is 3. The van der Waals surface area contributed by atoms with Gasteiger partial charge in [0.2, 0.25) is 5.91 Å². The molecular formula is C13H20F3N3O3. The van der Waals surface area contributed by atoms with Gasteiger partial charge in [-0.3, -0.25) is 4.79 Å². The number of urea groups is 1. The van der Waals surface area contributed by atoms with E-state index in [1.54, 1.807) is 0 Å². The Kier molecular flexibility index (Phi) is 5.15. The minimum Gasteiger partial charge on any atom is -0.367 e. The molecule has 2 rings (SSSR count). The van der Waals surface area contributed by atoms with Crippen LogP contribution in [0.3, 0.4) is 0 Å². The molecule has 3 amide bonds. The Balaban J connectivity index is 1.99. The van der Waals surface area contributed by atoms with E-state index in [0.29, 0.717) is 12.8 Å². The molecule has 2 unspecified atom stereocenters. The Morgan fingerprint density at radius 2 is 1.91 bits per heavy atom. The Hall–Kier alpha value is -1.51. The second kappa shape index (κ2) is 6.72. The molecular weight excluding hydrogens is 303 g/mol. The fraction of sp³-hybridized carbons (Fsp3) is 0.846. The molecule has 0 spiro atoms. The molecule has 3 N–H and O–H groups in total. The maximum absolute atomic E-state index is 13.2. The number of primary amides is 1. The predicted molar refractivity (Wildman–Crippen MR) is 70.8 cm³/mol. The minimum atomic E-state index is -4.49. The lowest BCUT2D eigenvalue weighted by Gasteiger charge is -2.34. The molecule has 2 atom stereocenters. The SMILES string of the molecule is NC(=O)C1CN(C(=O)NC(C2CCCC2)C(F)(F)F)CCO1. The highest BCUT2D eigenvalue weighted by Crippen LogP contribution is 2.35. The topological polar surface area (TPSA) is 84.7 Å². The lowest BCUT2D eigenvalue weighted by atomic mass is 9.98. The van der Waals surface area contributed by atoms with Crippen molar-refractivity contribution in [3.8, 4) is 0 Å². The molecule has 9 heteroatoms. The first kappa shape index (κ1) is 16.9. The zero-order valence-corrected chi connectivity index (χ0v) is 12.1. The summed E-state index contributed by atoms with van der Waals surface area (Å²) < 4.78 is 44.6. The highest BCUT2D eigenvalue weighted by molar-refractivity contribution is 5.81. The number of ether oxygens (including phenoxy) is 1. The number of amides is 3. The summed E-state index contributed by atoms with van der Waals surface area (Å²) in [5.41, 5.74) is 5.10. The second-order valence-corrected chi connectivity index (χ2v) is 5.72. The first-order chi connectivity index (χ1) is 10.3. The molecule has 1 aliphatic carbocycles. The van der Waals surface area contributed by atoms with Crippen LogP contribution in [0.25, 0.3) is 0 Å². The average Bonchev–Trinajstić information content (AvgIpc) is 2.97. The van der Waals surface area contributed by atoms with Crippen LogP contribution in [0.15, 0.2) is 0 Å². The lowest BCUT2D eigenvalue weighted by molar-refractivity contribution is -0.165. The van der Waals surface area contributed by atoms with Crippen molar-refractivity contribution in [1.82, 2.24) is 10.2 Å². The summed E-state index contributed by atoms with van der Waals surface area (Å²) in [5.74, 6) is -1.32. The Morgan fingerprint density at radius 1 is 1.27 bits per heavy atom. The molecule has 0 radical (unpaired) electrons. The Labute approximate surface area is 126 Å². The molecule has 0 aromatic carbocycles. The summed E-state index contributed by atoms with van der Waals surface area (Å²) in [5, 5.41) is 2.08.